The molecule has 0 aromatic heterocycles. The summed E-state index contributed by atoms with van der Waals surface area (Å²) in [6, 6.07) is 49.6. The average Bonchev–Trinajstić information content (AvgIpc) is 0.843. The van der Waals surface area contributed by atoms with E-state index in [1.807, 2.05) is 98.9 Å². The molecule has 9 rings (SSSR count). The topological polar surface area (TPSA) is 582 Å². The highest BCUT2D eigenvalue weighted by atomic mass is 79.9. The number of phenols is 1. The highest BCUT2D eigenvalue weighted by Gasteiger charge is 2.23. The molecule has 9 aromatic rings. The molecular formula is C94H126Br3N13O29S2. The van der Waals surface area contributed by atoms with Gasteiger partial charge in [0.05, 0.1) is 73.0 Å². The lowest BCUT2D eigenvalue weighted by Crippen LogP contribution is -2.26. The Bertz CT molecular complexity index is 5550. The second kappa shape index (κ2) is 74.6. The lowest BCUT2D eigenvalue weighted by atomic mass is 10.1. The van der Waals surface area contributed by atoms with Crippen molar-refractivity contribution in [2.75, 3.05) is 174 Å². The molecule has 47 heteroatoms. The van der Waals surface area contributed by atoms with E-state index in [0.29, 0.717) is 74.0 Å². The van der Waals surface area contributed by atoms with E-state index in [0.717, 1.165) is 117 Å². The van der Waals surface area contributed by atoms with Crippen LogP contribution in [0.5, 0.6) is 28.7 Å². The molecule has 0 amide bonds. The van der Waals surface area contributed by atoms with Gasteiger partial charge in [-0.15, -0.1) is 0 Å². The molecule has 0 aliphatic carbocycles. The number of aromatic hydroxyl groups is 1. The number of nitrogens with zero attached hydrogens (tertiary/aromatic N) is 8. The van der Waals surface area contributed by atoms with E-state index in [1.54, 1.807) is 54.6 Å². The fourth-order valence-corrected chi connectivity index (χ4v) is 11.5. The van der Waals surface area contributed by atoms with E-state index < -0.39 is 70.1 Å². The van der Waals surface area contributed by atoms with Crippen LogP contribution in [0.4, 0.5) is 45.5 Å². The molecule has 0 aliphatic heterocycles. The molecule has 0 spiro atoms. The number of nitrogens with two attached hydrogens (primary N) is 2. The summed E-state index contributed by atoms with van der Waals surface area (Å²) in [5.41, 5.74) is 18.7. The minimum Gasteiger partial charge on any atom is -0.507 e. The molecule has 0 unspecified atom stereocenters. The number of aryl methyl sites for hydroxylation is 1. The van der Waals surface area contributed by atoms with Crippen molar-refractivity contribution in [1.29, 1.82) is 4.78 Å². The highest BCUT2D eigenvalue weighted by Crippen LogP contribution is 2.30. The fourth-order valence-electron chi connectivity index (χ4n) is 10.8. The first-order chi connectivity index (χ1) is 67.0. The zero-order chi connectivity index (χ0) is 107. The number of ether oxygens (including phenoxy) is 9. The molecule has 0 aliphatic rings. The molecule has 0 radical (unpaired) electrons. The summed E-state index contributed by atoms with van der Waals surface area (Å²) in [7, 11) is 7.88. The number of carbonyl (C=O) groups excluding carboxylic acids is 5. The van der Waals surface area contributed by atoms with Gasteiger partial charge in [-0.1, -0.05) is 156 Å². The number of phenolic OH excluding ortho intramolecular Hbond substituents is 1. The summed E-state index contributed by atoms with van der Waals surface area (Å²) < 4.78 is 93.4. The van der Waals surface area contributed by atoms with Gasteiger partial charge < -0.3 is 79.2 Å². The Morgan fingerprint density at radius 1 is 0.397 bits per heavy atom. The number of sulfonamides is 1. The van der Waals surface area contributed by atoms with Crippen LogP contribution in [-0.4, -0.2) is 249 Å². The first-order valence-corrected chi connectivity index (χ1v) is 49.4. The van der Waals surface area contributed by atoms with Gasteiger partial charge >= 0.3 is 40.3 Å². The standard InChI is InChI=1S/C21H28N2O5S.C19H21N3O7.C19H25N3O3.C10H10BrNO5.C9H12N2O2.C8H7NO5.C2H4Br2.3C2H6.HNO2S/c1-16-5-7-17(8-6-16)11-12-23(2)13-14-28-20-10-9-18(22-29(4,25)26)15-19(20)21(24)27-3;1-20(10-9-14-3-5-15(6-4-14)21(24)25)11-12-29-18-8-7-16(22(26)27)13-17(18)19(23)28-2;1-22(10-9-14-3-5-15(20)6-4-14)11-12-25-18-8-7-16(21)13-17(18)19(23)24-2;1-16-10(13)8-6-7(12(14)15)2-3-9(8)17-5-4-11;1-10-7-6-8-2-4-9(5-3-8)11(12)13;1-14-8(11)6-4-5(9(12)13)2-3-7(6)10;3-1-2-4;3*1-2;1-4(2)3/h5-10,15,22H,11-14H2,1-4H3;3-8,13H,9-12H2,1-2H3;3-8,13H,9-12,20-21H2,1-2H3;2-3,6H,4-5H2,1H3;2-5,10H,6-7H2,1H3;2-4,10H,1H3;1-2H2;3*1-2H3;1H. The molecule has 774 valence electrons. The summed E-state index contributed by atoms with van der Waals surface area (Å²) in [6.45, 7) is 20.9. The number of rotatable bonds is 40. The summed E-state index contributed by atoms with van der Waals surface area (Å²) in [5.74, 6) is -2.28. The molecule has 0 fully saturated rings. The van der Waals surface area contributed by atoms with Gasteiger partial charge in [-0.25, -0.2) is 32.4 Å². The number of alkyl halides is 3. The van der Waals surface area contributed by atoms with Crippen molar-refractivity contribution in [3.63, 3.8) is 0 Å². The minimum atomic E-state index is -3.45. The second-order valence-corrected chi connectivity index (χ2v) is 32.5. The van der Waals surface area contributed by atoms with Crippen LogP contribution in [0, 0.1) is 62.3 Å². The fraction of sp³-hybridized carbons (Fsp3) is 0.372. The van der Waals surface area contributed by atoms with Crippen molar-refractivity contribution in [1.82, 2.24) is 20.0 Å². The molecule has 0 heterocycles. The molecule has 8 N–H and O–H groups in total. The molecule has 0 saturated heterocycles. The molecule has 0 atom stereocenters. The predicted molar refractivity (Wildman–Crippen MR) is 552 cm³/mol. The van der Waals surface area contributed by atoms with Crippen molar-refractivity contribution in [3.05, 3.63) is 294 Å². The Kier molecular flexibility index (Phi) is 68.6. The molecule has 9 aromatic carbocycles. The van der Waals surface area contributed by atoms with Crippen molar-refractivity contribution in [3.8, 4) is 28.7 Å². The third kappa shape index (κ3) is 55.2. The highest BCUT2D eigenvalue weighted by molar-refractivity contribution is 9.12. The van der Waals surface area contributed by atoms with Gasteiger partial charge in [0.2, 0.25) is 10.0 Å². The molecule has 0 bridgehead atoms. The van der Waals surface area contributed by atoms with E-state index in [-0.39, 0.29) is 85.2 Å². The van der Waals surface area contributed by atoms with Crippen LogP contribution >= 0.6 is 47.8 Å². The quantitative estimate of drug-likeness (QED) is 0.00519. The zero-order valence-corrected chi connectivity index (χ0v) is 88.1. The Hall–Kier alpha value is -13.4. The van der Waals surface area contributed by atoms with Crippen LogP contribution in [0.2, 0.25) is 0 Å². The molecular weight excluding hydrogens is 2080 g/mol. The minimum absolute atomic E-state index is 0.00441. The van der Waals surface area contributed by atoms with Gasteiger partial charge in [0.15, 0.2) is 0 Å². The van der Waals surface area contributed by atoms with E-state index in [2.05, 4.69) is 113 Å². The first kappa shape index (κ1) is 130. The summed E-state index contributed by atoms with van der Waals surface area (Å²) in [5, 5.41) is 67.7. The maximum absolute atomic E-state index is 12.0. The monoisotopic (exact) mass is 2200 g/mol. The van der Waals surface area contributed by atoms with Crippen LogP contribution in [0.3, 0.4) is 0 Å². The maximum atomic E-state index is 12.0. The Morgan fingerprint density at radius 3 is 0.986 bits per heavy atom. The van der Waals surface area contributed by atoms with Crippen molar-refractivity contribution in [2.24, 2.45) is 0 Å². The van der Waals surface area contributed by atoms with E-state index >= 15 is 0 Å². The number of nitro groups is 5. The third-order valence-electron chi connectivity index (χ3n) is 17.9. The Morgan fingerprint density at radius 2 is 0.667 bits per heavy atom. The largest absolute Gasteiger partial charge is 0.507 e. The lowest BCUT2D eigenvalue weighted by molar-refractivity contribution is -0.385. The van der Waals surface area contributed by atoms with Crippen molar-refractivity contribution < 1.29 is 113 Å². The van der Waals surface area contributed by atoms with Gasteiger partial charge in [0, 0.05) is 133 Å². The average molecular weight is 2210 g/mol. The number of anilines is 3. The number of carbonyl (C=O) groups is 5. The molecule has 141 heavy (non-hydrogen) atoms. The van der Waals surface area contributed by atoms with E-state index in [9.17, 15) is 88.1 Å². The number of nitrogens with one attached hydrogen (secondary N) is 3. The first-order valence-electron chi connectivity index (χ1n) is 43.1. The number of methoxy groups -OCH3 is 5. The van der Waals surface area contributed by atoms with Gasteiger partial charge in [-0.2, -0.15) is 13.2 Å². The number of hydrogen-bond acceptors (Lipinski definition) is 36. The van der Waals surface area contributed by atoms with Crippen LogP contribution in [0.25, 0.3) is 0 Å². The van der Waals surface area contributed by atoms with Crippen molar-refractivity contribution in [2.45, 2.75) is 74.1 Å². The summed E-state index contributed by atoms with van der Waals surface area (Å²) in [4.78, 5) is 115. The van der Waals surface area contributed by atoms with Gasteiger partial charge in [0.25, 0.3) is 28.4 Å². The number of halogens is 3. The van der Waals surface area contributed by atoms with Crippen LogP contribution in [-0.2, 0) is 69.9 Å². The second-order valence-electron chi connectivity index (χ2n) is 27.9. The van der Waals surface area contributed by atoms with E-state index in [1.165, 1.54) is 99.7 Å². The van der Waals surface area contributed by atoms with Gasteiger partial charge in [-0.05, 0) is 156 Å². The Labute approximate surface area is 847 Å². The number of nitrogen functional groups attached to an aromatic ring is 2. The third-order valence-corrected chi connectivity index (χ3v) is 20.6. The molecule has 0 saturated carbocycles. The number of hydrogen-bond donors (Lipinski definition) is 6. The van der Waals surface area contributed by atoms with Gasteiger partial charge in [-0.3, -0.25) is 55.3 Å². The predicted octanol–water partition coefficient (Wildman–Crippen LogP) is 16.8. The van der Waals surface area contributed by atoms with Crippen LogP contribution < -0.4 is 40.5 Å². The number of benzene rings is 9. The maximum Gasteiger partial charge on any atom is 0.341 e. The number of esters is 5. The van der Waals surface area contributed by atoms with Gasteiger partial charge in [0.1, 0.15) is 76.4 Å². The van der Waals surface area contributed by atoms with E-state index in [4.69, 9.17) is 53.1 Å². The van der Waals surface area contributed by atoms with Crippen LogP contribution in [0.1, 0.15) is 121 Å². The number of likely N-dealkylation sites (N-methyl/N-ethyl adjacent to an activating group) is 4. The normalized spacial score (nSPS) is 9.95. The Balaban J connectivity index is 0. The SMILES string of the molecule is BrCCBr.CC.CC.CC.CNCCc1ccc([N+](=O)[O-])cc1.COC(=O)c1cc(N)ccc1OCCN(C)CCc1ccc(N)cc1.COC(=O)c1cc(NS(C)(=O)=O)ccc1OCCN(C)CCc1ccc(C)cc1.COC(=O)c1cc([N+](=O)[O-])ccc1O.COC(=O)c1cc([N+](=O)[O-])ccc1OCCBr.COC(=O)c1cc([N+](=O)[O-])ccc1OCCN(C)CCc1ccc([N+](=O)[O-])cc1.N=S(=O)=O. The summed E-state index contributed by atoms with van der Waals surface area (Å²) in [6.07, 6.45) is 4.53. The number of nitro benzene ring substituents is 5. The molecule has 42 nitrogen and oxygen atoms in total. The van der Waals surface area contributed by atoms with Crippen molar-refractivity contribution >= 4 is 144 Å². The number of non-ortho nitro benzene ring substituents is 5. The zero-order valence-electron chi connectivity index (χ0n) is 81.7. The van der Waals surface area contributed by atoms with Crippen LogP contribution in [0.15, 0.2) is 188 Å². The summed E-state index contributed by atoms with van der Waals surface area (Å²) >= 11 is 9.58. The lowest BCUT2D eigenvalue weighted by Gasteiger charge is -2.18. The smallest absolute Gasteiger partial charge is 0.341 e.